The van der Waals surface area contributed by atoms with Gasteiger partial charge in [0.25, 0.3) is 0 Å². The van der Waals surface area contributed by atoms with Crippen LogP contribution in [0.15, 0.2) is 29.6 Å². The van der Waals surface area contributed by atoms with E-state index in [2.05, 4.69) is 6.92 Å². The van der Waals surface area contributed by atoms with Gasteiger partial charge in [-0.25, -0.2) is 4.39 Å². The Morgan fingerprint density at radius 3 is 2.83 bits per heavy atom. The fourth-order valence-electron chi connectivity index (χ4n) is 1.91. The van der Waals surface area contributed by atoms with Gasteiger partial charge in [0.1, 0.15) is 5.82 Å². The number of aliphatic hydroxyl groups is 1. The van der Waals surface area contributed by atoms with Crippen molar-refractivity contribution < 1.29 is 9.50 Å². The van der Waals surface area contributed by atoms with E-state index in [0.29, 0.717) is 6.42 Å². The van der Waals surface area contributed by atoms with Crippen LogP contribution in [0.4, 0.5) is 4.39 Å². The molecule has 2 aromatic rings. The molecular weight excluding hydrogens is 271 g/mol. The SMILES string of the molecule is CCc1ccsc1C(O)Cc1ccc(F)c(Cl)c1. The molecule has 4 heteroatoms. The molecule has 1 aromatic carbocycles. The molecule has 0 fully saturated rings. The summed E-state index contributed by atoms with van der Waals surface area (Å²) < 4.78 is 13.0. The second-order valence-corrected chi connectivity index (χ2v) is 5.49. The Morgan fingerprint density at radius 2 is 2.17 bits per heavy atom. The van der Waals surface area contributed by atoms with Crippen LogP contribution in [-0.4, -0.2) is 5.11 Å². The lowest BCUT2D eigenvalue weighted by Gasteiger charge is -2.11. The summed E-state index contributed by atoms with van der Waals surface area (Å²) in [6, 6.07) is 6.59. The largest absolute Gasteiger partial charge is 0.387 e. The van der Waals surface area contributed by atoms with Crippen molar-refractivity contribution in [2.24, 2.45) is 0 Å². The van der Waals surface area contributed by atoms with Crippen molar-refractivity contribution in [1.82, 2.24) is 0 Å². The highest BCUT2D eigenvalue weighted by atomic mass is 35.5. The van der Waals surface area contributed by atoms with E-state index in [1.165, 1.54) is 11.6 Å². The average molecular weight is 285 g/mol. The molecule has 0 spiro atoms. The first kappa shape index (κ1) is 13.5. The quantitative estimate of drug-likeness (QED) is 0.883. The highest BCUT2D eigenvalue weighted by Gasteiger charge is 2.14. The minimum absolute atomic E-state index is 0.0987. The molecule has 18 heavy (non-hydrogen) atoms. The summed E-state index contributed by atoms with van der Waals surface area (Å²) in [4.78, 5) is 0.984. The first-order valence-corrected chi connectivity index (χ1v) is 7.05. The lowest BCUT2D eigenvalue weighted by atomic mass is 10.0. The molecule has 1 heterocycles. The van der Waals surface area contributed by atoms with Gasteiger partial charge < -0.3 is 5.11 Å². The molecule has 1 N–H and O–H groups in total. The molecule has 96 valence electrons. The van der Waals surface area contributed by atoms with Gasteiger partial charge in [0.2, 0.25) is 0 Å². The standard InChI is InChI=1S/C14H14ClFOS/c1-2-10-5-6-18-14(10)13(17)8-9-3-4-12(16)11(15)7-9/h3-7,13,17H,2,8H2,1H3. The van der Waals surface area contributed by atoms with Gasteiger partial charge in [-0.1, -0.05) is 24.6 Å². The first-order valence-electron chi connectivity index (χ1n) is 5.80. The fraction of sp³-hybridized carbons (Fsp3) is 0.286. The van der Waals surface area contributed by atoms with Gasteiger partial charge in [-0.15, -0.1) is 11.3 Å². The van der Waals surface area contributed by atoms with Gasteiger partial charge in [-0.3, -0.25) is 0 Å². The molecule has 0 bridgehead atoms. The second kappa shape index (κ2) is 5.83. The van der Waals surface area contributed by atoms with Crippen molar-refractivity contribution in [3.8, 4) is 0 Å². The van der Waals surface area contributed by atoms with Gasteiger partial charge in [0, 0.05) is 11.3 Å². The third-order valence-corrected chi connectivity index (χ3v) is 4.23. The van der Waals surface area contributed by atoms with Crippen molar-refractivity contribution in [1.29, 1.82) is 0 Å². The molecule has 0 aliphatic carbocycles. The molecule has 0 saturated heterocycles. The number of hydrogen-bond donors (Lipinski definition) is 1. The summed E-state index contributed by atoms with van der Waals surface area (Å²) in [5, 5.41) is 12.3. The van der Waals surface area contributed by atoms with Crippen molar-refractivity contribution >= 4 is 22.9 Å². The second-order valence-electron chi connectivity index (χ2n) is 4.13. The Kier molecular flexibility index (Phi) is 4.38. The number of halogens is 2. The lowest BCUT2D eigenvalue weighted by molar-refractivity contribution is 0.181. The highest BCUT2D eigenvalue weighted by Crippen LogP contribution is 2.28. The summed E-state index contributed by atoms with van der Waals surface area (Å²) >= 11 is 7.28. The van der Waals surface area contributed by atoms with E-state index in [1.807, 2.05) is 11.4 Å². The van der Waals surface area contributed by atoms with E-state index in [9.17, 15) is 9.50 Å². The van der Waals surface area contributed by atoms with Crippen molar-refractivity contribution in [3.05, 3.63) is 56.5 Å². The molecule has 0 saturated carbocycles. The molecule has 1 aromatic heterocycles. The number of benzene rings is 1. The van der Waals surface area contributed by atoms with Crippen LogP contribution < -0.4 is 0 Å². The molecule has 0 amide bonds. The minimum Gasteiger partial charge on any atom is -0.387 e. The summed E-state index contributed by atoms with van der Waals surface area (Å²) in [6.45, 7) is 2.06. The maximum absolute atomic E-state index is 13.0. The summed E-state index contributed by atoms with van der Waals surface area (Å²) in [6.07, 6.45) is 0.801. The first-order chi connectivity index (χ1) is 8.61. The zero-order valence-electron chi connectivity index (χ0n) is 9.99. The van der Waals surface area contributed by atoms with Crippen LogP contribution >= 0.6 is 22.9 Å². The van der Waals surface area contributed by atoms with Gasteiger partial charge in [0.15, 0.2) is 0 Å². The van der Waals surface area contributed by atoms with E-state index < -0.39 is 11.9 Å². The maximum Gasteiger partial charge on any atom is 0.141 e. The zero-order valence-corrected chi connectivity index (χ0v) is 11.6. The van der Waals surface area contributed by atoms with Gasteiger partial charge >= 0.3 is 0 Å². The Labute approximate surface area is 115 Å². The zero-order chi connectivity index (χ0) is 13.1. The van der Waals surface area contributed by atoms with Crippen LogP contribution in [-0.2, 0) is 12.8 Å². The summed E-state index contributed by atoms with van der Waals surface area (Å²) in [7, 11) is 0. The van der Waals surface area contributed by atoms with Crippen LogP contribution in [0.3, 0.4) is 0 Å². The van der Waals surface area contributed by atoms with E-state index >= 15 is 0 Å². The van der Waals surface area contributed by atoms with E-state index in [-0.39, 0.29) is 5.02 Å². The van der Waals surface area contributed by atoms with Crippen molar-refractivity contribution in [3.63, 3.8) is 0 Å². The summed E-state index contributed by atoms with van der Waals surface area (Å²) in [5.74, 6) is -0.430. The predicted octanol–water partition coefficient (Wildman–Crippen LogP) is 4.38. The molecule has 1 unspecified atom stereocenters. The molecule has 2 rings (SSSR count). The number of thiophene rings is 1. The van der Waals surface area contributed by atoms with Gasteiger partial charge in [-0.05, 0) is 41.1 Å². The van der Waals surface area contributed by atoms with Gasteiger partial charge in [0.05, 0.1) is 11.1 Å². The third kappa shape index (κ3) is 2.91. The Hall–Kier alpha value is -0.900. The number of aryl methyl sites for hydroxylation is 1. The van der Waals surface area contributed by atoms with Crippen LogP contribution in [0.5, 0.6) is 0 Å². The smallest absolute Gasteiger partial charge is 0.141 e. The summed E-state index contributed by atoms with van der Waals surface area (Å²) in [5.41, 5.74) is 2.00. The molecule has 1 nitrogen and oxygen atoms in total. The molecule has 0 aliphatic rings. The van der Waals surface area contributed by atoms with E-state index in [0.717, 1.165) is 16.9 Å². The average Bonchev–Trinajstić information content (AvgIpc) is 2.82. The predicted molar refractivity (Wildman–Crippen MR) is 73.8 cm³/mol. The van der Waals surface area contributed by atoms with Crippen LogP contribution in [0, 0.1) is 5.82 Å². The number of rotatable bonds is 4. The third-order valence-electron chi connectivity index (χ3n) is 2.88. The van der Waals surface area contributed by atoms with Crippen LogP contribution in [0.25, 0.3) is 0 Å². The molecule has 0 radical (unpaired) electrons. The molecular formula is C14H14ClFOS. The maximum atomic E-state index is 13.0. The van der Waals surface area contributed by atoms with Crippen molar-refractivity contribution in [2.75, 3.05) is 0 Å². The Balaban J connectivity index is 2.16. The van der Waals surface area contributed by atoms with Crippen LogP contribution in [0.2, 0.25) is 5.02 Å². The van der Waals surface area contributed by atoms with E-state index in [4.69, 9.17) is 11.6 Å². The monoisotopic (exact) mass is 284 g/mol. The normalized spacial score (nSPS) is 12.7. The minimum atomic E-state index is -0.554. The van der Waals surface area contributed by atoms with E-state index in [1.54, 1.807) is 23.5 Å². The Morgan fingerprint density at radius 1 is 1.39 bits per heavy atom. The van der Waals surface area contributed by atoms with Crippen molar-refractivity contribution in [2.45, 2.75) is 25.9 Å². The number of aliphatic hydroxyl groups excluding tert-OH is 1. The number of hydrogen-bond acceptors (Lipinski definition) is 2. The fourth-order valence-corrected chi connectivity index (χ4v) is 3.10. The molecule has 0 aliphatic heterocycles. The Bertz CT molecular complexity index is 538. The topological polar surface area (TPSA) is 20.2 Å². The lowest BCUT2D eigenvalue weighted by Crippen LogP contribution is -2.02. The highest BCUT2D eigenvalue weighted by molar-refractivity contribution is 7.10. The van der Waals surface area contributed by atoms with Gasteiger partial charge in [-0.2, -0.15) is 0 Å². The molecule has 1 atom stereocenters. The van der Waals surface area contributed by atoms with Crippen LogP contribution in [0.1, 0.15) is 29.0 Å².